The summed E-state index contributed by atoms with van der Waals surface area (Å²) in [5.41, 5.74) is 7.00. The highest BCUT2D eigenvalue weighted by Gasteiger charge is 2.23. The molecule has 0 aliphatic heterocycles. The van der Waals surface area contributed by atoms with Gasteiger partial charge in [0.1, 0.15) is 11.6 Å². The van der Waals surface area contributed by atoms with Gasteiger partial charge in [0, 0.05) is 13.1 Å². The minimum Gasteiger partial charge on any atom is -0.484 e. The second-order valence-electron chi connectivity index (χ2n) is 6.67. The van der Waals surface area contributed by atoms with Crippen molar-refractivity contribution in [3.8, 4) is 5.75 Å². The summed E-state index contributed by atoms with van der Waals surface area (Å²) in [5, 5.41) is 0. The molecule has 2 rings (SSSR count). The van der Waals surface area contributed by atoms with Crippen molar-refractivity contribution in [1.29, 1.82) is 0 Å². The monoisotopic (exact) mass is 388 g/mol. The van der Waals surface area contributed by atoms with Crippen molar-refractivity contribution < 1.29 is 9.53 Å². The van der Waals surface area contributed by atoms with Crippen molar-refractivity contribution in [2.45, 2.75) is 47.1 Å². The third-order valence-electron chi connectivity index (χ3n) is 4.68. The van der Waals surface area contributed by atoms with Gasteiger partial charge in [0.25, 0.3) is 11.5 Å². The molecule has 3 N–H and O–H groups in total. The minimum absolute atomic E-state index is 0.0106. The van der Waals surface area contributed by atoms with Gasteiger partial charge in [-0.25, -0.2) is 4.79 Å². The highest BCUT2D eigenvalue weighted by molar-refractivity contribution is 5.96. The van der Waals surface area contributed by atoms with Gasteiger partial charge in [0.05, 0.1) is 0 Å². The molecule has 0 aliphatic rings. The molecule has 0 aliphatic carbocycles. The number of hydrogen-bond acceptors (Lipinski definition) is 5. The standard InChI is InChI=1S/C20H28N4O4/c1-5-7-10-24-18(21)17(19(26)22-20(24)27)23(6-2)16(25)12-28-15-9-8-13(3)14(4)11-15/h8-9,11H,5-7,10,12,21H2,1-4H3,(H,22,26,27). The molecular formula is C20H28N4O4. The smallest absolute Gasteiger partial charge is 0.330 e. The van der Waals surface area contributed by atoms with Crippen LogP contribution in [0, 0.1) is 13.8 Å². The summed E-state index contributed by atoms with van der Waals surface area (Å²) in [7, 11) is 0. The van der Waals surface area contributed by atoms with Crippen LogP contribution in [-0.2, 0) is 11.3 Å². The van der Waals surface area contributed by atoms with Gasteiger partial charge in [0.2, 0.25) is 0 Å². The molecule has 0 fully saturated rings. The zero-order valence-corrected chi connectivity index (χ0v) is 16.9. The number of nitrogens with one attached hydrogen (secondary N) is 1. The van der Waals surface area contributed by atoms with Crippen LogP contribution in [0.3, 0.4) is 0 Å². The molecular weight excluding hydrogens is 360 g/mol. The first kappa shape index (κ1) is 21.3. The van der Waals surface area contributed by atoms with Gasteiger partial charge in [-0.15, -0.1) is 0 Å². The molecule has 1 aromatic carbocycles. The number of aromatic amines is 1. The molecule has 0 bridgehead atoms. The second kappa shape index (κ2) is 9.25. The molecule has 0 saturated carbocycles. The molecule has 28 heavy (non-hydrogen) atoms. The average molecular weight is 388 g/mol. The Morgan fingerprint density at radius 1 is 1.21 bits per heavy atom. The number of benzene rings is 1. The quantitative estimate of drug-likeness (QED) is 0.718. The Morgan fingerprint density at radius 3 is 2.54 bits per heavy atom. The number of rotatable bonds is 8. The summed E-state index contributed by atoms with van der Waals surface area (Å²) in [4.78, 5) is 40.7. The number of nitrogens with two attached hydrogens (primary N) is 1. The van der Waals surface area contributed by atoms with Crippen molar-refractivity contribution in [3.63, 3.8) is 0 Å². The number of aromatic nitrogens is 2. The highest BCUT2D eigenvalue weighted by Crippen LogP contribution is 2.19. The maximum atomic E-state index is 12.7. The number of carbonyl (C=O) groups excluding carboxylic acids is 1. The number of nitrogens with zero attached hydrogens (tertiary/aromatic N) is 2. The van der Waals surface area contributed by atoms with E-state index in [0.717, 1.165) is 24.0 Å². The van der Waals surface area contributed by atoms with Crippen molar-refractivity contribution in [1.82, 2.24) is 9.55 Å². The second-order valence-corrected chi connectivity index (χ2v) is 6.67. The lowest BCUT2D eigenvalue weighted by molar-refractivity contribution is -0.120. The average Bonchev–Trinajstić information content (AvgIpc) is 2.65. The number of H-pyrrole nitrogens is 1. The summed E-state index contributed by atoms with van der Waals surface area (Å²) in [6.07, 6.45) is 1.59. The topological polar surface area (TPSA) is 110 Å². The fraction of sp³-hybridized carbons (Fsp3) is 0.450. The Kier molecular flexibility index (Phi) is 7.03. The van der Waals surface area contributed by atoms with Crippen LogP contribution in [-0.4, -0.2) is 28.6 Å². The number of anilines is 2. The van der Waals surface area contributed by atoms with Crippen molar-refractivity contribution >= 4 is 17.4 Å². The van der Waals surface area contributed by atoms with Gasteiger partial charge >= 0.3 is 5.69 Å². The van der Waals surface area contributed by atoms with E-state index in [1.165, 1.54) is 9.47 Å². The van der Waals surface area contributed by atoms with E-state index in [9.17, 15) is 14.4 Å². The first-order chi connectivity index (χ1) is 13.3. The molecule has 0 radical (unpaired) electrons. The summed E-state index contributed by atoms with van der Waals surface area (Å²) in [6.45, 7) is 8.01. The Hall–Kier alpha value is -3.03. The van der Waals surface area contributed by atoms with Crippen molar-refractivity contribution in [3.05, 3.63) is 50.2 Å². The molecule has 1 heterocycles. The number of hydrogen-bond donors (Lipinski definition) is 2. The van der Waals surface area contributed by atoms with E-state index in [2.05, 4.69) is 4.98 Å². The molecule has 0 atom stereocenters. The minimum atomic E-state index is -0.684. The molecule has 1 amide bonds. The number of likely N-dealkylation sites (N-methyl/N-ethyl adjacent to an activating group) is 1. The molecule has 152 valence electrons. The Bertz CT molecular complexity index is 962. The molecule has 0 saturated heterocycles. The van der Waals surface area contributed by atoms with Gasteiger partial charge in [-0.2, -0.15) is 0 Å². The Morgan fingerprint density at radius 2 is 1.93 bits per heavy atom. The van der Waals surface area contributed by atoms with Gasteiger partial charge in [-0.3, -0.25) is 19.1 Å². The predicted octanol–water partition coefficient (Wildman–Crippen LogP) is 1.97. The summed E-state index contributed by atoms with van der Waals surface area (Å²) < 4.78 is 6.89. The summed E-state index contributed by atoms with van der Waals surface area (Å²) >= 11 is 0. The largest absolute Gasteiger partial charge is 0.484 e. The molecule has 2 aromatic rings. The van der Waals surface area contributed by atoms with E-state index in [0.29, 0.717) is 12.3 Å². The van der Waals surface area contributed by atoms with Crippen LogP contribution in [0.4, 0.5) is 11.5 Å². The Labute approximate surface area is 163 Å². The first-order valence-electron chi connectivity index (χ1n) is 9.43. The first-order valence-corrected chi connectivity index (χ1v) is 9.43. The number of amides is 1. The van der Waals surface area contributed by atoms with Crippen LogP contribution >= 0.6 is 0 Å². The van der Waals surface area contributed by atoms with E-state index < -0.39 is 17.2 Å². The molecule has 8 heteroatoms. The van der Waals surface area contributed by atoms with E-state index in [1.54, 1.807) is 13.0 Å². The molecule has 0 spiro atoms. The lowest BCUT2D eigenvalue weighted by Gasteiger charge is -2.23. The lowest BCUT2D eigenvalue weighted by Crippen LogP contribution is -2.42. The van der Waals surface area contributed by atoms with E-state index >= 15 is 0 Å². The Balaban J connectivity index is 2.28. The fourth-order valence-corrected chi connectivity index (χ4v) is 2.86. The van der Waals surface area contributed by atoms with Crippen LogP contribution in [0.5, 0.6) is 5.75 Å². The van der Waals surface area contributed by atoms with E-state index in [4.69, 9.17) is 10.5 Å². The number of carbonyl (C=O) groups is 1. The zero-order valence-electron chi connectivity index (χ0n) is 16.9. The SMILES string of the molecule is CCCCn1c(N)c(N(CC)C(=O)COc2ccc(C)c(C)c2)c(=O)[nH]c1=O. The van der Waals surface area contributed by atoms with Crippen LogP contribution in [0.1, 0.15) is 37.8 Å². The lowest BCUT2D eigenvalue weighted by atomic mass is 10.1. The highest BCUT2D eigenvalue weighted by atomic mass is 16.5. The van der Waals surface area contributed by atoms with Crippen LogP contribution < -0.4 is 26.6 Å². The van der Waals surface area contributed by atoms with Crippen molar-refractivity contribution in [2.24, 2.45) is 0 Å². The zero-order chi connectivity index (χ0) is 20.8. The third kappa shape index (κ3) is 4.62. The van der Waals surface area contributed by atoms with Crippen LogP contribution in [0.15, 0.2) is 27.8 Å². The normalized spacial score (nSPS) is 10.7. The number of aryl methyl sites for hydroxylation is 2. The fourth-order valence-electron chi connectivity index (χ4n) is 2.86. The van der Waals surface area contributed by atoms with Gasteiger partial charge in [-0.05, 0) is 50.5 Å². The number of ether oxygens (including phenoxy) is 1. The third-order valence-corrected chi connectivity index (χ3v) is 4.68. The van der Waals surface area contributed by atoms with Crippen LogP contribution in [0.2, 0.25) is 0 Å². The molecule has 0 unspecified atom stereocenters. The van der Waals surface area contributed by atoms with E-state index in [1.807, 2.05) is 32.9 Å². The van der Waals surface area contributed by atoms with Gasteiger partial charge < -0.3 is 15.4 Å². The van der Waals surface area contributed by atoms with Gasteiger partial charge in [-0.1, -0.05) is 19.4 Å². The molecule has 8 nitrogen and oxygen atoms in total. The number of unbranched alkanes of at least 4 members (excludes halogenated alkanes) is 1. The molecule has 1 aromatic heterocycles. The van der Waals surface area contributed by atoms with Gasteiger partial charge in [0.15, 0.2) is 12.3 Å². The summed E-state index contributed by atoms with van der Waals surface area (Å²) in [5.74, 6) is 0.143. The van der Waals surface area contributed by atoms with E-state index in [-0.39, 0.29) is 24.7 Å². The maximum Gasteiger partial charge on any atom is 0.330 e. The summed E-state index contributed by atoms with van der Waals surface area (Å²) in [6, 6.07) is 5.56. The predicted molar refractivity (Wildman–Crippen MR) is 110 cm³/mol. The number of nitrogen functional groups attached to an aromatic ring is 1. The van der Waals surface area contributed by atoms with Crippen LogP contribution in [0.25, 0.3) is 0 Å². The van der Waals surface area contributed by atoms with Crippen molar-refractivity contribution in [2.75, 3.05) is 23.8 Å². The maximum absolute atomic E-state index is 12.7.